The zero-order valence-corrected chi connectivity index (χ0v) is 26.6. The number of carbonyl (C=O) groups excluding carboxylic acids is 2. The van der Waals surface area contributed by atoms with Crippen LogP contribution >= 0.6 is 23.2 Å². The van der Waals surface area contributed by atoms with Crippen molar-refractivity contribution in [2.45, 2.75) is 43.3 Å². The largest absolute Gasteiger partial charge is 0.619 e. The van der Waals surface area contributed by atoms with Crippen LogP contribution in [0.5, 0.6) is 11.5 Å². The first-order chi connectivity index (χ1) is 21.2. The molecule has 4 rings (SSSR count). The van der Waals surface area contributed by atoms with Crippen LogP contribution in [0.4, 0.5) is 8.78 Å². The third-order valence-electron chi connectivity index (χ3n) is 6.87. The zero-order chi connectivity index (χ0) is 32.9. The molecule has 0 bridgehead atoms. The van der Waals surface area contributed by atoms with E-state index in [1.807, 2.05) is 0 Å². The smallest absolute Gasteiger partial charge is 0.387 e. The second-order valence-electron chi connectivity index (χ2n) is 10.6. The fourth-order valence-corrected chi connectivity index (χ4v) is 6.16. The van der Waals surface area contributed by atoms with Crippen LogP contribution in [0.25, 0.3) is 0 Å². The third kappa shape index (κ3) is 9.41. The van der Waals surface area contributed by atoms with Crippen LogP contribution in [0, 0.1) is 11.1 Å². The van der Waals surface area contributed by atoms with Gasteiger partial charge in [0.1, 0.15) is 16.1 Å². The van der Waals surface area contributed by atoms with Crippen molar-refractivity contribution in [3.05, 3.63) is 86.8 Å². The number of carbonyl (C=O) groups is 2. The number of esters is 1. The second kappa shape index (κ2) is 14.6. The van der Waals surface area contributed by atoms with Gasteiger partial charge in [0.15, 0.2) is 33.7 Å². The van der Waals surface area contributed by atoms with Crippen LogP contribution < -0.4 is 14.2 Å². The normalized spacial score (nSPS) is 13.8. The molecule has 0 aliphatic heterocycles. The molecular formula is C30H30Cl2F2N2O8S. The van der Waals surface area contributed by atoms with Crippen LogP contribution in [0.15, 0.2) is 59.8 Å². The van der Waals surface area contributed by atoms with E-state index in [9.17, 15) is 32.0 Å². The van der Waals surface area contributed by atoms with Gasteiger partial charge in [0.2, 0.25) is 0 Å². The van der Waals surface area contributed by atoms with E-state index in [-0.39, 0.29) is 62.4 Å². The van der Waals surface area contributed by atoms with Gasteiger partial charge in [-0.1, -0.05) is 35.3 Å². The van der Waals surface area contributed by atoms with Crippen molar-refractivity contribution >= 4 is 44.9 Å². The highest BCUT2D eigenvalue weighted by molar-refractivity contribution is 7.91. The van der Waals surface area contributed by atoms with Crippen molar-refractivity contribution in [2.24, 2.45) is 5.92 Å². The molecule has 1 heterocycles. The molecule has 0 spiro atoms. The van der Waals surface area contributed by atoms with Gasteiger partial charge >= 0.3 is 12.6 Å². The summed E-state index contributed by atoms with van der Waals surface area (Å²) in [5.41, 5.74) is 0.713. The van der Waals surface area contributed by atoms with Crippen LogP contribution in [-0.4, -0.2) is 58.3 Å². The van der Waals surface area contributed by atoms with Crippen molar-refractivity contribution in [1.29, 1.82) is 0 Å². The summed E-state index contributed by atoms with van der Waals surface area (Å²) in [4.78, 5) is 26.6. The molecule has 0 saturated heterocycles. The SMILES string of the molecule is CN(C)C(=O)c1cccc(S(=O)(=O)CCC(=O)O[C@@H](Cc2c(Cl)c[n+]([O-])cc2Cl)c2ccc(OC(F)F)c(OCC3CC3)c2)c1. The standard InChI is InChI=1S/C30H30Cl2F2N2O8S/c1-35(2)29(38)20-4-3-5-21(12-20)45(40,41)11-10-28(37)43-26(14-22-23(31)15-36(39)16-24(22)32)19-8-9-25(44-30(33)34)27(13-19)42-17-18-6-7-18/h3-5,8-9,12-13,15-16,18,26,30H,6-7,10-11,14,17H2,1-2H3/t26-/m0/s1. The molecule has 15 heteroatoms. The Balaban J connectivity index is 1.59. The number of sulfone groups is 1. The molecule has 1 aliphatic carbocycles. The lowest BCUT2D eigenvalue weighted by Gasteiger charge is -2.21. The number of hydrogen-bond donors (Lipinski definition) is 0. The van der Waals surface area contributed by atoms with Crippen LogP contribution in [-0.2, 0) is 25.8 Å². The van der Waals surface area contributed by atoms with E-state index >= 15 is 0 Å². The lowest BCUT2D eigenvalue weighted by molar-refractivity contribution is -0.605. The molecule has 1 saturated carbocycles. The first kappa shape index (κ1) is 34.2. The van der Waals surface area contributed by atoms with Gasteiger partial charge < -0.3 is 24.3 Å². The quantitative estimate of drug-likeness (QED) is 0.125. The molecule has 3 aromatic rings. The molecule has 45 heavy (non-hydrogen) atoms. The predicted molar refractivity (Wildman–Crippen MR) is 160 cm³/mol. The summed E-state index contributed by atoms with van der Waals surface area (Å²) < 4.78 is 68.7. The average molecular weight is 688 g/mol. The maximum absolute atomic E-state index is 13.1. The van der Waals surface area contributed by atoms with E-state index in [1.165, 1.54) is 61.5 Å². The molecule has 242 valence electrons. The molecule has 0 radical (unpaired) electrons. The van der Waals surface area contributed by atoms with Crippen LogP contribution in [0.1, 0.15) is 46.9 Å². The first-order valence-electron chi connectivity index (χ1n) is 13.8. The Morgan fingerprint density at radius 2 is 1.76 bits per heavy atom. The number of nitrogens with zero attached hydrogens (tertiary/aromatic N) is 2. The van der Waals surface area contributed by atoms with Crippen molar-refractivity contribution < 1.29 is 45.7 Å². The van der Waals surface area contributed by atoms with Crippen molar-refractivity contribution in [2.75, 3.05) is 26.5 Å². The van der Waals surface area contributed by atoms with Gasteiger partial charge in [0.25, 0.3) is 5.91 Å². The van der Waals surface area contributed by atoms with Gasteiger partial charge in [0, 0.05) is 31.6 Å². The number of aromatic nitrogens is 1. The van der Waals surface area contributed by atoms with E-state index in [4.69, 9.17) is 32.7 Å². The molecular weight excluding hydrogens is 657 g/mol. The number of rotatable bonds is 14. The lowest BCUT2D eigenvalue weighted by Crippen LogP contribution is -2.25. The number of halogens is 4. The minimum Gasteiger partial charge on any atom is -0.619 e. The number of alkyl halides is 2. The van der Waals surface area contributed by atoms with E-state index in [0.29, 0.717) is 10.3 Å². The Morgan fingerprint density at radius 1 is 1.07 bits per heavy atom. The van der Waals surface area contributed by atoms with Crippen LogP contribution in [0.3, 0.4) is 0 Å². The van der Waals surface area contributed by atoms with E-state index in [1.54, 1.807) is 0 Å². The fourth-order valence-electron chi connectivity index (χ4n) is 4.30. The Labute approximate surface area is 268 Å². The fraction of sp³-hybridized carbons (Fsp3) is 0.367. The van der Waals surface area contributed by atoms with E-state index in [2.05, 4.69) is 4.74 Å². The highest BCUT2D eigenvalue weighted by Crippen LogP contribution is 2.38. The van der Waals surface area contributed by atoms with Gasteiger partial charge in [-0.05, 0) is 54.7 Å². The zero-order valence-electron chi connectivity index (χ0n) is 24.3. The monoisotopic (exact) mass is 686 g/mol. The molecule has 1 atom stereocenters. The van der Waals surface area contributed by atoms with Gasteiger partial charge in [-0.3, -0.25) is 9.59 Å². The Bertz CT molecular complexity index is 1650. The number of benzene rings is 2. The highest BCUT2D eigenvalue weighted by Gasteiger charge is 2.27. The summed E-state index contributed by atoms with van der Waals surface area (Å²) in [6, 6.07) is 9.50. The summed E-state index contributed by atoms with van der Waals surface area (Å²) in [7, 11) is -0.940. The summed E-state index contributed by atoms with van der Waals surface area (Å²) in [5, 5.41) is 11.7. The number of hydrogen-bond acceptors (Lipinski definition) is 8. The lowest BCUT2D eigenvalue weighted by atomic mass is 10.0. The molecule has 1 fully saturated rings. The molecule has 1 aromatic heterocycles. The molecule has 1 aliphatic rings. The van der Waals surface area contributed by atoms with Gasteiger partial charge in [0.05, 0.1) is 23.7 Å². The summed E-state index contributed by atoms with van der Waals surface area (Å²) in [6.45, 7) is -2.84. The number of amides is 1. The topological polar surface area (TPSA) is 126 Å². The molecule has 0 N–H and O–H groups in total. The average Bonchev–Trinajstić information content (AvgIpc) is 3.81. The van der Waals surface area contributed by atoms with Gasteiger partial charge in [-0.2, -0.15) is 13.5 Å². The minimum absolute atomic E-state index is 0.00173. The molecule has 10 nitrogen and oxygen atoms in total. The van der Waals surface area contributed by atoms with E-state index < -0.39 is 40.7 Å². The van der Waals surface area contributed by atoms with Gasteiger partial charge in [-0.25, -0.2) is 8.42 Å². The maximum Gasteiger partial charge on any atom is 0.387 e. The summed E-state index contributed by atoms with van der Waals surface area (Å²) >= 11 is 12.5. The van der Waals surface area contributed by atoms with E-state index in [0.717, 1.165) is 25.2 Å². The Hall–Kier alpha value is -3.68. The van der Waals surface area contributed by atoms with Crippen molar-refractivity contribution in [1.82, 2.24) is 4.90 Å². The van der Waals surface area contributed by atoms with Gasteiger partial charge in [-0.15, -0.1) is 0 Å². The molecule has 1 amide bonds. The second-order valence-corrected chi connectivity index (χ2v) is 13.5. The first-order valence-corrected chi connectivity index (χ1v) is 16.2. The maximum atomic E-state index is 13.1. The number of pyridine rings is 1. The molecule has 2 aromatic carbocycles. The third-order valence-corrected chi connectivity index (χ3v) is 9.23. The Morgan fingerprint density at radius 3 is 2.38 bits per heavy atom. The number of ether oxygens (including phenoxy) is 3. The highest BCUT2D eigenvalue weighted by atomic mass is 35.5. The molecule has 0 unspecified atom stereocenters. The van der Waals surface area contributed by atoms with Crippen LogP contribution in [0.2, 0.25) is 10.0 Å². The Kier molecular flexibility index (Phi) is 11.1. The summed E-state index contributed by atoms with van der Waals surface area (Å²) in [6.07, 6.45) is 2.15. The minimum atomic E-state index is -4.01. The van der Waals surface area contributed by atoms with Crippen molar-refractivity contribution in [3.8, 4) is 11.5 Å². The van der Waals surface area contributed by atoms with Crippen molar-refractivity contribution in [3.63, 3.8) is 0 Å². The summed E-state index contributed by atoms with van der Waals surface area (Å²) in [5.74, 6) is -1.86. The predicted octanol–water partition coefficient (Wildman–Crippen LogP) is 5.41.